The zero-order valence-corrected chi connectivity index (χ0v) is 13.1. The Bertz CT molecular complexity index is 642. The fourth-order valence-corrected chi connectivity index (χ4v) is 2.83. The van der Waals surface area contributed by atoms with E-state index in [-0.39, 0.29) is 18.4 Å². The molecule has 1 amide bonds. The molecular weight excluding hydrogens is 294 g/mol. The van der Waals surface area contributed by atoms with Gasteiger partial charge in [-0.25, -0.2) is 9.78 Å². The predicted octanol–water partition coefficient (Wildman–Crippen LogP) is 2.21. The zero-order chi connectivity index (χ0) is 16.1. The lowest BCUT2D eigenvalue weighted by Crippen LogP contribution is -2.32. The van der Waals surface area contributed by atoms with Crippen LogP contribution in [-0.4, -0.2) is 30.7 Å². The number of nitrogens with one attached hydrogen (secondary N) is 2. The van der Waals surface area contributed by atoms with Gasteiger partial charge < -0.3 is 19.8 Å². The third-order valence-electron chi connectivity index (χ3n) is 4.08. The van der Waals surface area contributed by atoms with Crippen LogP contribution in [0.3, 0.4) is 0 Å². The first-order valence-electron chi connectivity index (χ1n) is 7.79. The van der Waals surface area contributed by atoms with E-state index in [0.29, 0.717) is 12.4 Å². The Morgan fingerprint density at radius 1 is 1.39 bits per heavy atom. The van der Waals surface area contributed by atoms with Gasteiger partial charge in [-0.3, -0.25) is 0 Å². The summed E-state index contributed by atoms with van der Waals surface area (Å²) in [4.78, 5) is 16.2. The van der Waals surface area contributed by atoms with E-state index in [1.54, 1.807) is 6.26 Å². The Labute approximate surface area is 135 Å². The van der Waals surface area contributed by atoms with Crippen LogP contribution in [-0.2, 0) is 11.3 Å². The SMILES string of the molecule is Cc1nc(C2CNC[C@H]2CNC(=O)OCc2ccccc2)co1. The van der Waals surface area contributed by atoms with Crippen LogP contribution in [0.4, 0.5) is 4.79 Å². The molecule has 1 saturated heterocycles. The predicted molar refractivity (Wildman–Crippen MR) is 85.0 cm³/mol. The summed E-state index contributed by atoms with van der Waals surface area (Å²) in [6, 6.07) is 9.63. The lowest BCUT2D eigenvalue weighted by Gasteiger charge is -2.16. The van der Waals surface area contributed by atoms with E-state index in [2.05, 4.69) is 15.6 Å². The number of hydrogen-bond acceptors (Lipinski definition) is 5. The first kappa shape index (κ1) is 15.6. The van der Waals surface area contributed by atoms with Crippen molar-refractivity contribution in [3.05, 3.63) is 53.7 Å². The minimum Gasteiger partial charge on any atom is -0.449 e. The minimum absolute atomic E-state index is 0.252. The molecular formula is C17H21N3O3. The number of rotatable bonds is 5. The number of ether oxygens (including phenoxy) is 1. The van der Waals surface area contributed by atoms with Crippen LogP contribution < -0.4 is 10.6 Å². The first-order valence-corrected chi connectivity index (χ1v) is 7.79. The van der Waals surface area contributed by atoms with Crippen molar-refractivity contribution in [2.75, 3.05) is 19.6 Å². The molecule has 1 aliphatic heterocycles. The van der Waals surface area contributed by atoms with Crippen LogP contribution in [0.15, 0.2) is 41.0 Å². The lowest BCUT2D eigenvalue weighted by atomic mass is 9.93. The van der Waals surface area contributed by atoms with Gasteiger partial charge in [0.15, 0.2) is 5.89 Å². The number of carbonyl (C=O) groups excluding carboxylic acids is 1. The molecule has 122 valence electrons. The molecule has 23 heavy (non-hydrogen) atoms. The molecule has 1 aromatic heterocycles. The standard InChI is InChI=1S/C17H21N3O3/c1-12-20-16(11-22-12)15-9-18-7-14(15)8-19-17(21)23-10-13-5-3-2-4-6-13/h2-6,11,14-15,18H,7-10H2,1H3,(H,19,21)/t14-,15?/m0/s1. The summed E-state index contributed by atoms with van der Waals surface area (Å²) < 4.78 is 10.5. The summed E-state index contributed by atoms with van der Waals surface area (Å²) in [6.07, 6.45) is 1.31. The normalized spacial score (nSPS) is 20.4. The lowest BCUT2D eigenvalue weighted by molar-refractivity contribution is 0.138. The molecule has 3 rings (SSSR count). The molecule has 2 N–H and O–H groups in total. The molecule has 0 saturated carbocycles. The highest BCUT2D eigenvalue weighted by molar-refractivity contribution is 5.67. The average Bonchev–Trinajstić information content (AvgIpc) is 3.20. The van der Waals surface area contributed by atoms with Gasteiger partial charge >= 0.3 is 6.09 Å². The molecule has 2 aromatic rings. The molecule has 1 aliphatic rings. The Morgan fingerprint density at radius 3 is 2.96 bits per heavy atom. The van der Waals surface area contributed by atoms with Crippen molar-refractivity contribution in [3.8, 4) is 0 Å². The highest BCUT2D eigenvalue weighted by atomic mass is 16.5. The third kappa shape index (κ3) is 4.10. The number of amides is 1. The van der Waals surface area contributed by atoms with Crippen molar-refractivity contribution in [3.63, 3.8) is 0 Å². The van der Waals surface area contributed by atoms with E-state index < -0.39 is 6.09 Å². The van der Waals surface area contributed by atoms with E-state index >= 15 is 0 Å². The fourth-order valence-electron chi connectivity index (χ4n) is 2.83. The Kier molecular flexibility index (Phi) is 4.92. The number of alkyl carbamates (subject to hydrolysis) is 1. The largest absolute Gasteiger partial charge is 0.449 e. The molecule has 0 bridgehead atoms. The Balaban J connectivity index is 1.46. The van der Waals surface area contributed by atoms with Gasteiger partial charge in [0, 0.05) is 32.5 Å². The second kappa shape index (κ2) is 7.28. The van der Waals surface area contributed by atoms with Crippen molar-refractivity contribution in [1.29, 1.82) is 0 Å². The van der Waals surface area contributed by atoms with Gasteiger partial charge in [-0.1, -0.05) is 30.3 Å². The molecule has 2 heterocycles. The molecule has 6 heteroatoms. The van der Waals surface area contributed by atoms with Crippen LogP contribution >= 0.6 is 0 Å². The maximum Gasteiger partial charge on any atom is 0.407 e. The van der Waals surface area contributed by atoms with E-state index in [4.69, 9.17) is 9.15 Å². The highest BCUT2D eigenvalue weighted by Gasteiger charge is 2.30. The van der Waals surface area contributed by atoms with Crippen molar-refractivity contribution in [2.24, 2.45) is 5.92 Å². The van der Waals surface area contributed by atoms with Gasteiger partial charge in [0.2, 0.25) is 0 Å². The van der Waals surface area contributed by atoms with Crippen LogP contribution in [0, 0.1) is 12.8 Å². The Morgan fingerprint density at radius 2 is 2.22 bits per heavy atom. The Hall–Kier alpha value is -2.34. The number of oxazole rings is 1. The van der Waals surface area contributed by atoms with E-state index in [0.717, 1.165) is 24.3 Å². The molecule has 0 radical (unpaired) electrons. The zero-order valence-electron chi connectivity index (χ0n) is 13.1. The van der Waals surface area contributed by atoms with E-state index in [1.165, 1.54) is 0 Å². The van der Waals surface area contributed by atoms with Gasteiger partial charge in [0.1, 0.15) is 12.9 Å². The van der Waals surface area contributed by atoms with Gasteiger partial charge in [-0.05, 0) is 11.5 Å². The van der Waals surface area contributed by atoms with Gasteiger partial charge in [-0.15, -0.1) is 0 Å². The fraction of sp³-hybridized carbons (Fsp3) is 0.412. The van der Waals surface area contributed by atoms with Gasteiger partial charge in [-0.2, -0.15) is 0 Å². The highest BCUT2D eigenvalue weighted by Crippen LogP contribution is 2.27. The molecule has 2 atom stereocenters. The molecule has 6 nitrogen and oxygen atoms in total. The number of aryl methyl sites for hydroxylation is 1. The van der Waals surface area contributed by atoms with E-state index in [9.17, 15) is 4.79 Å². The van der Waals surface area contributed by atoms with Crippen molar-refractivity contribution in [1.82, 2.24) is 15.6 Å². The summed E-state index contributed by atoms with van der Waals surface area (Å²) in [5.41, 5.74) is 1.91. The maximum absolute atomic E-state index is 11.8. The van der Waals surface area contributed by atoms with E-state index in [1.807, 2.05) is 37.3 Å². The van der Waals surface area contributed by atoms with Gasteiger partial charge in [0.05, 0.1) is 5.69 Å². The summed E-state index contributed by atoms with van der Waals surface area (Å²) in [6.45, 7) is 4.35. The number of nitrogens with zero attached hydrogens (tertiary/aromatic N) is 1. The van der Waals surface area contributed by atoms with Crippen LogP contribution in [0.25, 0.3) is 0 Å². The molecule has 0 aliphatic carbocycles. The quantitative estimate of drug-likeness (QED) is 0.884. The van der Waals surface area contributed by atoms with Crippen LogP contribution in [0.5, 0.6) is 0 Å². The molecule has 0 spiro atoms. The van der Waals surface area contributed by atoms with Crippen molar-refractivity contribution in [2.45, 2.75) is 19.4 Å². The number of hydrogen-bond donors (Lipinski definition) is 2. The van der Waals surface area contributed by atoms with Crippen molar-refractivity contribution >= 4 is 6.09 Å². The average molecular weight is 315 g/mol. The minimum atomic E-state index is -0.393. The summed E-state index contributed by atoms with van der Waals surface area (Å²) >= 11 is 0. The third-order valence-corrected chi connectivity index (χ3v) is 4.08. The summed E-state index contributed by atoms with van der Waals surface area (Å²) in [5.74, 6) is 1.20. The maximum atomic E-state index is 11.8. The topological polar surface area (TPSA) is 76.4 Å². The molecule has 1 aromatic carbocycles. The monoisotopic (exact) mass is 315 g/mol. The summed E-state index contributed by atoms with van der Waals surface area (Å²) in [5, 5.41) is 6.18. The van der Waals surface area contributed by atoms with Crippen LogP contribution in [0.2, 0.25) is 0 Å². The number of carbonyl (C=O) groups is 1. The second-order valence-electron chi connectivity index (χ2n) is 5.76. The number of aromatic nitrogens is 1. The molecule has 1 fully saturated rings. The first-order chi connectivity index (χ1) is 11.2. The van der Waals surface area contributed by atoms with Crippen LogP contribution in [0.1, 0.15) is 23.1 Å². The smallest absolute Gasteiger partial charge is 0.407 e. The number of benzene rings is 1. The van der Waals surface area contributed by atoms with Gasteiger partial charge in [0.25, 0.3) is 0 Å². The molecule has 1 unspecified atom stereocenters. The van der Waals surface area contributed by atoms with Crippen molar-refractivity contribution < 1.29 is 13.9 Å². The summed E-state index contributed by atoms with van der Waals surface area (Å²) in [7, 11) is 0. The second-order valence-corrected chi connectivity index (χ2v) is 5.76.